The summed E-state index contributed by atoms with van der Waals surface area (Å²) in [6, 6.07) is 0. The fraction of sp³-hybridized carbons (Fsp3) is 0.745. The average Bonchev–Trinajstić information content (AvgIpc) is 3.21. The molecule has 57 heavy (non-hydrogen) atoms. The Labute approximate surface area is 351 Å². The van der Waals surface area contributed by atoms with E-state index in [-0.39, 0.29) is 31.1 Å². The van der Waals surface area contributed by atoms with Crippen molar-refractivity contribution in [2.75, 3.05) is 13.2 Å². The number of hydrogen-bond donors (Lipinski definition) is 0. The van der Waals surface area contributed by atoms with Gasteiger partial charge < -0.3 is 14.2 Å². The lowest BCUT2D eigenvalue weighted by Crippen LogP contribution is -2.30. The molecule has 0 saturated carbocycles. The maximum Gasteiger partial charge on any atom is 0.306 e. The molecule has 0 saturated heterocycles. The number of ether oxygens (including phenoxy) is 3. The molecular weight excluding hydrogens is 709 g/mol. The first-order valence-electron chi connectivity index (χ1n) is 23.8. The van der Waals surface area contributed by atoms with Crippen molar-refractivity contribution in [3.05, 3.63) is 60.8 Å². The first-order chi connectivity index (χ1) is 28.0. The van der Waals surface area contributed by atoms with Crippen molar-refractivity contribution < 1.29 is 28.6 Å². The molecule has 0 radical (unpaired) electrons. The number of carbonyl (C=O) groups is 3. The number of carbonyl (C=O) groups excluding carboxylic acids is 3. The Balaban J connectivity index is 4.39. The van der Waals surface area contributed by atoms with Gasteiger partial charge in [-0.25, -0.2) is 0 Å². The van der Waals surface area contributed by atoms with Crippen LogP contribution < -0.4 is 0 Å². The van der Waals surface area contributed by atoms with Gasteiger partial charge in [0.2, 0.25) is 0 Å². The minimum Gasteiger partial charge on any atom is -0.462 e. The summed E-state index contributed by atoms with van der Waals surface area (Å²) in [6.45, 7) is 6.49. The lowest BCUT2D eigenvalue weighted by Gasteiger charge is -2.18. The van der Waals surface area contributed by atoms with Crippen LogP contribution in [0.15, 0.2) is 60.8 Å². The zero-order valence-corrected chi connectivity index (χ0v) is 37.3. The van der Waals surface area contributed by atoms with E-state index >= 15 is 0 Å². The largest absolute Gasteiger partial charge is 0.462 e. The third-order valence-electron chi connectivity index (χ3n) is 10.0. The SMILES string of the molecule is CCCC/C=C\CCCCCCCC(=O)OC(COC(=O)CCCCCC/C=C\CCCC)COC(=O)CCCCCCC\C=C/C=C\C=C/CCCCCCC. The molecule has 0 heterocycles. The molecule has 6 nitrogen and oxygen atoms in total. The molecule has 0 aromatic carbocycles. The summed E-state index contributed by atoms with van der Waals surface area (Å²) in [6.07, 6.45) is 54.9. The summed E-state index contributed by atoms with van der Waals surface area (Å²) in [7, 11) is 0. The zero-order chi connectivity index (χ0) is 41.5. The van der Waals surface area contributed by atoms with E-state index in [0.717, 1.165) is 109 Å². The van der Waals surface area contributed by atoms with Crippen LogP contribution in [0.3, 0.4) is 0 Å². The summed E-state index contributed by atoms with van der Waals surface area (Å²) in [5, 5.41) is 0. The third-order valence-corrected chi connectivity index (χ3v) is 10.0. The predicted octanol–water partition coefficient (Wildman–Crippen LogP) is 15.3. The summed E-state index contributed by atoms with van der Waals surface area (Å²) >= 11 is 0. The summed E-state index contributed by atoms with van der Waals surface area (Å²) in [4.78, 5) is 37.7. The normalized spacial score (nSPS) is 12.5. The Morgan fingerprint density at radius 3 is 1.07 bits per heavy atom. The highest BCUT2D eigenvalue weighted by atomic mass is 16.6. The maximum absolute atomic E-state index is 12.7. The lowest BCUT2D eigenvalue weighted by molar-refractivity contribution is -0.167. The van der Waals surface area contributed by atoms with Gasteiger partial charge in [0.15, 0.2) is 6.10 Å². The fourth-order valence-corrected chi connectivity index (χ4v) is 6.34. The molecule has 0 rings (SSSR count). The van der Waals surface area contributed by atoms with E-state index in [9.17, 15) is 14.4 Å². The van der Waals surface area contributed by atoms with Crippen LogP contribution in [0.2, 0.25) is 0 Å². The van der Waals surface area contributed by atoms with Crippen molar-refractivity contribution >= 4 is 17.9 Å². The van der Waals surface area contributed by atoms with Crippen molar-refractivity contribution in [2.24, 2.45) is 0 Å². The molecule has 0 aromatic heterocycles. The number of allylic oxidation sites excluding steroid dienone is 10. The Morgan fingerprint density at radius 1 is 0.351 bits per heavy atom. The Bertz CT molecular complexity index is 1050. The van der Waals surface area contributed by atoms with Gasteiger partial charge in [-0.3, -0.25) is 14.4 Å². The molecule has 0 aliphatic carbocycles. The molecule has 0 amide bonds. The third kappa shape index (κ3) is 44.1. The van der Waals surface area contributed by atoms with Crippen LogP contribution in [0.1, 0.15) is 226 Å². The van der Waals surface area contributed by atoms with E-state index in [2.05, 4.69) is 81.5 Å². The van der Waals surface area contributed by atoms with Gasteiger partial charge in [0.05, 0.1) is 0 Å². The smallest absolute Gasteiger partial charge is 0.306 e. The van der Waals surface area contributed by atoms with Crippen LogP contribution in [0.5, 0.6) is 0 Å². The molecule has 1 atom stereocenters. The van der Waals surface area contributed by atoms with Crippen molar-refractivity contribution in [3.8, 4) is 0 Å². The van der Waals surface area contributed by atoms with Crippen LogP contribution in [0.25, 0.3) is 0 Å². The molecule has 0 fully saturated rings. The minimum atomic E-state index is -0.788. The molecule has 6 heteroatoms. The highest BCUT2D eigenvalue weighted by Crippen LogP contribution is 2.13. The zero-order valence-electron chi connectivity index (χ0n) is 37.3. The van der Waals surface area contributed by atoms with Crippen LogP contribution in [-0.2, 0) is 28.6 Å². The van der Waals surface area contributed by atoms with Gasteiger partial charge in [0.25, 0.3) is 0 Å². The second kappa shape index (κ2) is 45.8. The summed E-state index contributed by atoms with van der Waals surface area (Å²) in [5.74, 6) is -0.936. The molecule has 0 aliphatic heterocycles. The number of rotatable bonds is 42. The number of hydrogen-bond acceptors (Lipinski definition) is 6. The van der Waals surface area contributed by atoms with Gasteiger partial charge in [-0.05, 0) is 83.5 Å². The molecule has 328 valence electrons. The van der Waals surface area contributed by atoms with Crippen molar-refractivity contribution in [1.82, 2.24) is 0 Å². The summed E-state index contributed by atoms with van der Waals surface area (Å²) in [5.41, 5.74) is 0. The van der Waals surface area contributed by atoms with E-state index in [1.807, 2.05) is 0 Å². The fourth-order valence-electron chi connectivity index (χ4n) is 6.34. The topological polar surface area (TPSA) is 78.9 Å². The maximum atomic E-state index is 12.7. The van der Waals surface area contributed by atoms with Crippen LogP contribution in [0.4, 0.5) is 0 Å². The Kier molecular flexibility index (Phi) is 43.5. The minimum absolute atomic E-state index is 0.0910. The molecular formula is C51H88O6. The first kappa shape index (κ1) is 54.1. The molecule has 0 N–H and O–H groups in total. The first-order valence-corrected chi connectivity index (χ1v) is 23.8. The number of esters is 3. The monoisotopic (exact) mass is 797 g/mol. The van der Waals surface area contributed by atoms with Gasteiger partial charge in [-0.1, -0.05) is 184 Å². The summed E-state index contributed by atoms with van der Waals surface area (Å²) < 4.78 is 16.7. The van der Waals surface area contributed by atoms with E-state index in [1.54, 1.807) is 0 Å². The van der Waals surface area contributed by atoms with Gasteiger partial charge in [0, 0.05) is 19.3 Å². The average molecular weight is 797 g/mol. The van der Waals surface area contributed by atoms with Crippen molar-refractivity contribution in [2.45, 2.75) is 232 Å². The quantitative estimate of drug-likeness (QED) is 0.0201. The van der Waals surface area contributed by atoms with Gasteiger partial charge in [-0.2, -0.15) is 0 Å². The Hall–Kier alpha value is -2.89. The van der Waals surface area contributed by atoms with E-state index in [1.165, 1.54) is 77.0 Å². The van der Waals surface area contributed by atoms with Crippen LogP contribution in [0, 0.1) is 0 Å². The van der Waals surface area contributed by atoms with E-state index in [4.69, 9.17) is 14.2 Å². The lowest BCUT2D eigenvalue weighted by atomic mass is 10.1. The van der Waals surface area contributed by atoms with E-state index in [0.29, 0.717) is 19.3 Å². The highest BCUT2D eigenvalue weighted by Gasteiger charge is 2.19. The predicted molar refractivity (Wildman–Crippen MR) is 242 cm³/mol. The molecule has 0 bridgehead atoms. The van der Waals surface area contributed by atoms with Crippen LogP contribution in [-0.4, -0.2) is 37.2 Å². The van der Waals surface area contributed by atoms with Gasteiger partial charge >= 0.3 is 17.9 Å². The Morgan fingerprint density at radius 2 is 0.667 bits per heavy atom. The van der Waals surface area contributed by atoms with E-state index < -0.39 is 6.10 Å². The highest BCUT2D eigenvalue weighted by molar-refractivity contribution is 5.71. The van der Waals surface area contributed by atoms with Crippen LogP contribution >= 0.6 is 0 Å². The molecule has 0 aromatic rings. The molecule has 1 unspecified atom stereocenters. The molecule has 0 aliphatic rings. The van der Waals surface area contributed by atoms with Gasteiger partial charge in [0.1, 0.15) is 13.2 Å². The van der Waals surface area contributed by atoms with Crippen molar-refractivity contribution in [1.29, 1.82) is 0 Å². The van der Waals surface area contributed by atoms with Crippen molar-refractivity contribution in [3.63, 3.8) is 0 Å². The second-order valence-electron chi connectivity index (χ2n) is 15.7. The van der Waals surface area contributed by atoms with Gasteiger partial charge in [-0.15, -0.1) is 0 Å². The second-order valence-corrected chi connectivity index (χ2v) is 15.7. The standard InChI is InChI=1S/C51H88O6/c1-4-7-10-13-16-19-22-23-24-25-26-27-28-30-32-35-38-41-44-50(53)56-47-48(46-55-49(52)43-40-37-34-31-21-18-15-12-9-6-3)57-51(54)45-42-39-36-33-29-20-17-14-11-8-5-2/h14-15,17-18,22-27,48H,4-13,16,19-21,28-47H2,1-3H3/b17-14-,18-15-,23-22-,25-24-,27-26-. The molecule has 0 spiro atoms. The number of unbranched alkanes of at least 4 members (excludes halogenated alkanes) is 23.